The first-order valence-electron chi connectivity index (χ1n) is 11.6. The summed E-state index contributed by atoms with van der Waals surface area (Å²) in [4.78, 5) is 15.2. The van der Waals surface area contributed by atoms with Crippen LogP contribution in [0.5, 0.6) is 0 Å². The Morgan fingerprint density at radius 3 is 2.27 bits per heavy atom. The first-order valence-corrected chi connectivity index (χ1v) is 11.6. The van der Waals surface area contributed by atoms with Gasteiger partial charge in [0.15, 0.2) is 0 Å². The number of nitrogens with zero attached hydrogens (tertiary/aromatic N) is 1. The van der Waals surface area contributed by atoms with Crippen molar-refractivity contribution in [1.82, 2.24) is 4.90 Å². The maximum absolute atomic E-state index is 12.5. The summed E-state index contributed by atoms with van der Waals surface area (Å²) in [6, 6.07) is 21.8. The van der Waals surface area contributed by atoms with Crippen LogP contribution in [0.3, 0.4) is 0 Å². The van der Waals surface area contributed by atoms with Crippen LogP contribution in [0.25, 0.3) is 0 Å². The molecule has 0 N–H and O–H groups in total. The van der Waals surface area contributed by atoms with E-state index >= 15 is 0 Å². The number of esters is 1. The summed E-state index contributed by atoms with van der Waals surface area (Å²) in [6.07, 6.45) is 8.04. The van der Waals surface area contributed by atoms with E-state index in [1.165, 1.54) is 36.8 Å². The Balaban J connectivity index is 1.48. The van der Waals surface area contributed by atoms with E-state index in [1.54, 1.807) is 7.11 Å². The number of carbonyl (C=O) groups is 1. The molecule has 0 bridgehead atoms. The highest BCUT2D eigenvalue weighted by atomic mass is 16.5. The maximum atomic E-state index is 12.5. The van der Waals surface area contributed by atoms with E-state index in [9.17, 15) is 4.79 Å². The summed E-state index contributed by atoms with van der Waals surface area (Å²) in [5.41, 5.74) is 2.90. The van der Waals surface area contributed by atoms with Gasteiger partial charge in [-0.3, -0.25) is 4.79 Å². The zero-order valence-corrected chi connectivity index (χ0v) is 18.3. The van der Waals surface area contributed by atoms with E-state index in [4.69, 9.17) is 4.74 Å². The van der Waals surface area contributed by atoms with E-state index in [0.29, 0.717) is 5.92 Å². The first kappa shape index (κ1) is 21.1. The normalized spacial score (nSPS) is 24.8. The minimum Gasteiger partial charge on any atom is -0.469 e. The molecule has 3 nitrogen and oxygen atoms in total. The monoisotopic (exact) mass is 405 g/mol. The molecule has 2 atom stereocenters. The van der Waals surface area contributed by atoms with Crippen LogP contribution in [-0.2, 0) is 9.53 Å². The molecule has 2 aromatic carbocycles. The predicted octanol–water partition coefficient (Wildman–Crippen LogP) is 5.65. The van der Waals surface area contributed by atoms with Crippen molar-refractivity contribution >= 4 is 5.97 Å². The number of hydrogen-bond acceptors (Lipinski definition) is 3. The molecule has 30 heavy (non-hydrogen) atoms. The quantitative estimate of drug-likeness (QED) is 0.581. The Hall–Kier alpha value is -2.13. The van der Waals surface area contributed by atoms with Crippen molar-refractivity contribution in [1.29, 1.82) is 0 Å². The van der Waals surface area contributed by atoms with Crippen molar-refractivity contribution in [2.75, 3.05) is 26.7 Å². The molecule has 2 aromatic rings. The lowest BCUT2D eigenvalue weighted by Gasteiger charge is -2.49. The molecule has 0 amide bonds. The fourth-order valence-electron chi connectivity index (χ4n) is 5.96. The highest BCUT2D eigenvalue weighted by molar-refractivity contribution is 5.73. The van der Waals surface area contributed by atoms with Crippen LogP contribution in [0.4, 0.5) is 0 Å². The third kappa shape index (κ3) is 4.62. The minimum atomic E-state index is 0.0167. The molecule has 1 aliphatic heterocycles. The summed E-state index contributed by atoms with van der Waals surface area (Å²) in [6.45, 7) is 3.26. The van der Waals surface area contributed by atoms with Crippen LogP contribution in [0.1, 0.15) is 62.0 Å². The molecule has 1 heterocycles. The molecular weight excluding hydrogens is 370 g/mol. The van der Waals surface area contributed by atoms with Gasteiger partial charge < -0.3 is 9.64 Å². The Morgan fingerprint density at radius 2 is 1.63 bits per heavy atom. The lowest BCUT2D eigenvalue weighted by molar-refractivity contribution is -0.155. The molecule has 0 radical (unpaired) electrons. The summed E-state index contributed by atoms with van der Waals surface area (Å²) < 4.78 is 5.21. The average Bonchev–Trinajstić information content (AvgIpc) is 2.81. The number of ether oxygens (including phenoxy) is 1. The molecule has 0 aromatic heterocycles. The summed E-state index contributed by atoms with van der Waals surface area (Å²) >= 11 is 0. The van der Waals surface area contributed by atoms with E-state index < -0.39 is 0 Å². The van der Waals surface area contributed by atoms with Gasteiger partial charge in [-0.25, -0.2) is 0 Å². The van der Waals surface area contributed by atoms with Crippen molar-refractivity contribution < 1.29 is 9.53 Å². The fraction of sp³-hybridized carbons (Fsp3) is 0.519. The first-order chi connectivity index (χ1) is 14.7. The zero-order valence-electron chi connectivity index (χ0n) is 18.3. The SMILES string of the molecule is COC(=O)[C@H]1CCCC[C@]12CCCN(CCC(c1ccccc1)c1ccccc1)C2. The maximum Gasteiger partial charge on any atom is 0.309 e. The number of benzene rings is 2. The Bertz CT molecular complexity index is 763. The molecule has 2 fully saturated rings. The number of piperidine rings is 1. The molecule has 2 aliphatic rings. The highest BCUT2D eigenvalue weighted by Crippen LogP contribution is 2.48. The third-order valence-corrected chi connectivity index (χ3v) is 7.47. The number of rotatable bonds is 6. The third-order valence-electron chi connectivity index (χ3n) is 7.47. The molecule has 1 saturated carbocycles. The van der Waals surface area contributed by atoms with Gasteiger partial charge in [0.05, 0.1) is 13.0 Å². The number of methoxy groups -OCH3 is 1. The van der Waals surface area contributed by atoms with Crippen molar-refractivity contribution in [2.45, 2.75) is 50.9 Å². The van der Waals surface area contributed by atoms with E-state index in [2.05, 4.69) is 65.6 Å². The van der Waals surface area contributed by atoms with E-state index in [0.717, 1.165) is 38.9 Å². The Kier molecular flexibility index (Phi) is 6.89. The second-order valence-corrected chi connectivity index (χ2v) is 9.23. The second-order valence-electron chi connectivity index (χ2n) is 9.23. The molecule has 160 valence electrons. The smallest absolute Gasteiger partial charge is 0.309 e. The predicted molar refractivity (Wildman–Crippen MR) is 121 cm³/mol. The van der Waals surface area contributed by atoms with Gasteiger partial charge >= 0.3 is 5.97 Å². The molecule has 4 rings (SSSR count). The molecular formula is C27H35NO2. The summed E-state index contributed by atoms with van der Waals surface area (Å²) in [5.74, 6) is 0.508. The molecule has 1 spiro atoms. The van der Waals surface area contributed by atoms with Crippen molar-refractivity contribution in [3.8, 4) is 0 Å². The second kappa shape index (κ2) is 9.78. The fourth-order valence-corrected chi connectivity index (χ4v) is 5.96. The Morgan fingerprint density at radius 1 is 1.00 bits per heavy atom. The van der Waals surface area contributed by atoms with Crippen LogP contribution in [0.2, 0.25) is 0 Å². The lowest BCUT2D eigenvalue weighted by atomic mass is 9.62. The van der Waals surface area contributed by atoms with Gasteiger partial charge in [0.25, 0.3) is 0 Å². The van der Waals surface area contributed by atoms with Gasteiger partial charge in [-0.15, -0.1) is 0 Å². The van der Waals surface area contributed by atoms with Crippen LogP contribution in [0, 0.1) is 11.3 Å². The lowest BCUT2D eigenvalue weighted by Crippen LogP contribution is -2.51. The minimum absolute atomic E-state index is 0.0167. The van der Waals surface area contributed by atoms with Crippen LogP contribution in [-0.4, -0.2) is 37.6 Å². The van der Waals surface area contributed by atoms with Crippen LogP contribution < -0.4 is 0 Å². The molecule has 3 heteroatoms. The largest absolute Gasteiger partial charge is 0.469 e. The summed E-state index contributed by atoms with van der Waals surface area (Å²) in [7, 11) is 1.55. The van der Waals surface area contributed by atoms with Gasteiger partial charge in [-0.05, 0) is 61.7 Å². The van der Waals surface area contributed by atoms with Crippen LogP contribution >= 0.6 is 0 Å². The van der Waals surface area contributed by atoms with Crippen LogP contribution in [0.15, 0.2) is 60.7 Å². The average molecular weight is 406 g/mol. The highest BCUT2D eigenvalue weighted by Gasteiger charge is 2.47. The van der Waals surface area contributed by atoms with Gasteiger partial charge in [0, 0.05) is 12.5 Å². The molecule has 0 unspecified atom stereocenters. The zero-order chi connectivity index (χ0) is 20.8. The van der Waals surface area contributed by atoms with Gasteiger partial charge in [-0.1, -0.05) is 73.5 Å². The van der Waals surface area contributed by atoms with Gasteiger partial charge in [0.2, 0.25) is 0 Å². The molecule has 1 aliphatic carbocycles. The van der Waals surface area contributed by atoms with E-state index in [1.807, 2.05) is 0 Å². The van der Waals surface area contributed by atoms with Crippen molar-refractivity contribution in [2.24, 2.45) is 11.3 Å². The van der Waals surface area contributed by atoms with Crippen molar-refractivity contribution in [3.05, 3.63) is 71.8 Å². The standard InChI is InChI=1S/C27H35NO2/c1-30-26(29)25-15-8-9-17-27(25)18-10-19-28(21-27)20-16-24(22-11-4-2-5-12-22)23-13-6-3-7-14-23/h2-7,11-14,24-25H,8-10,15-21H2,1H3/t25-,27-/m1/s1. The topological polar surface area (TPSA) is 29.5 Å². The van der Waals surface area contributed by atoms with Crippen molar-refractivity contribution in [3.63, 3.8) is 0 Å². The van der Waals surface area contributed by atoms with Gasteiger partial charge in [0.1, 0.15) is 0 Å². The van der Waals surface area contributed by atoms with Gasteiger partial charge in [-0.2, -0.15) is 0 Å². The number of hydrogen-bond donors (Lipinski definition) is 0. The Labute approximate surface area is 181 Å². The number of likely N-dealkylation sites (tertiary alicyclic amines) is 1. The molecule has 1 saturated heterocycles. The number of carbonyl (C=O) groups excluding carboxylic acids is 1. The summed E-state index contributed by atoms with van der Waals surface area (Å²) in [5, 5.41) is 0. The van der Waals surface area contributed by atoms with E-state index in [-0.39, 0.29) is 17.3 Å².